The lowest BCUT2D eigenvalue weighted by molar-refractivity contribution is 0.0991. The molecule has 1 N–H and O–H groups in total. The van der Waals surface area contributed by atoms with Crippen molar-refractivity contribution in [1.82, 2.24) is 0 Å². The molecule has 8 heteroatoms. The number of benzene rings is 2. The summed E-state index contributed by atoms with van der Waals surface area (Å²) in [5.74, 6) is 2.35. The van der Waals surface area contributed by atoms with E-state index in [2.05, 4.69) is 68.0 Å². The molecule has 0 radical (unpaired) electrons. The normalized spacial score (nSPS) is 17.4. The van der Waals surface area contributed by atoms with Crippen LogP contribution in [0, 0.1) is 12.8 Å². The first-order valence-electron chi connectivity index (χ1n) is 12.6. The Kier molecular flexibility index (Phi) is 7.49. The standard InChI is InChI=1S/C30H36BrNO6/c1-16-10-20-19(29(3,4)15-17(2)30(20,5)6)13-22(16)37-28-21(31)14-25(38-28)27(33)32-26-23(35-8)11-18(34-7)12-24(26)36-9/h10-14,17H,15H2,1-9H3,(H,32,33). The summed E-state index contributed by atoms with van der Waals surface area (Å²) >= 11 is 3.49. The molecule has 1 aromatic heterocycles. The number of ether oxygens (including phenoxy) is 4. The van der Waals surface area contributed by atoms with Crippen molar-refractivity contribution < 1.29 is 28.2 Å². The highest BCUT2D eigenvalue weighted by molar-refractivity contribution is 9.10. The summed E-state index contributed by atoms with van der Waals surface area (Å²) in [4.78, 5) is 13.1. The number of hydrogen-bond donors (Lipinski definition) is 1. The van der Waals surface area contributed by atoms with E-state index in [1.807, 2.05) is 6.92 Å². The maximum Gasteiger partial charge on any atom is 0.305 e. The summed E-state index contributed by atoms with van der Waals surface area (Å²) in [6.45, 7) is 13.5. The SMILES string of the molecule is COc1cc(OC)c(NC(=O)c2cc(Br)c(Oc3cc4c(cc3C)C(C)(C)C(C)CC4(C)C)o2)c(OC)c1. The van der Waals surface area contributed by atoms with Crippen LogP contribution >= 0.6 is 15.9 Å². The summed E-state index contributed by atoms with van der Waals surface area (Å²) in [7, 11) is 4.55. The van der Waals surface area contributed by atoms with E-state index >= 15 is 0 Å². The predicted octanol–water partition coefficient (Wildman–Crippen LogP) is 8.02. The highest BCUT2D eigenvalue weighted by Crippen LogP contribution is 2.51. The van der Waals surface area contributed by atoms with Crippen LogP contribution < -0.4 is 24.3 Å². The molecule has 3 aromatic rings. The zero-order chi connectivity index (χ0) is 28.0. The van der Waals surface area contributed by atoms with Crippen molar-refractivity contribution in [3.8, 4) is 28.9 Å². The Morgan fingerprint density at radius 3 is 2.16 bits per heavy atom. The van der Waals surface area contributed by atoms with Gasteiger partial charge in [0.15, 0.2) is 5.76 Å². The van der Waals surface area contributed by atoms with E-state index in [1.165, 1.54) is 25.3 Å². The van der Waals surface area contributed by atoms with Crippen molar-refractivity contribution in [3.63, 3.8) is 0 Å². The smallest absolute Gasteiger partial charge is 0.305 e. The monoisotopic (exact) mass is 585 g/mol. The minimum Gasteiger partial charge on any atom is -0.496 e. The number of carbonyl (C=O) groups is 1. The largest absolute Gasteiger partial charge is 0.496 e. The molecule has 7 nitrogen and oxygen atoms in total. The number of furan rings is 1. The molecule has 2 aromatic carbocycles. The lowest BCUT2D eigenvalue weighted by Gasteiger charge is -2.46. The fourth-order valence-electron chi connectivity index (χ4n) is 5.22. The van der Waals surface area contributed by atoms with Crippen LogP contribution in [0.25, 0.3) is 0 Å². The number of nitrogens with one attached hydrogen (secondary N) is 1. The fourth-order valence-corrected chi connectivity index (χ4v) is 5.59. The molecule has 204 valence electrons. The van der Waals surface area contributed by atoms with Crippen LogP contribution in [-0.4, -0.2) is 27.2 Å². The van der Waals surface area contributed by atoms with Crippen LogP contribution in [0.1, 0.15) is 68.3 Å². The number of halogens is 1. The molecule has 0 saturated carbocycles. The first kappa shape index (κ1) is 27.9. The number of carbonyl (C=O) groups excluding carboxylic acids is 1. The van der Waals surface area contributed by atoms with Gasteiger partial charge < -0.3 is 28.7 Å². The van der Waals surface area contributed by atoms with Crippen molar-refractivity contribution in [2.24, 2.45) is 5.92 Å². The molecule has 1 aliphatic carbocycles. The van der Waals surface area contributed by atoms with Gasteiger partial charge in [0.05, 0.1) is 21.3 Å². The lowest BCUT2D eigenvalue weighted by Crippen LogP contribution is -2.40. The summed E-state index contributed by atoms with van der Waals surface area (Å²) < 4.78 is 28.8. The summed E-state index contributed by atoms with van der Waals surface area (Å²) in [6.07, 6.45) is 1.09. The molecule has 0 bridgehead atoms. The Balaban J connectivity index is 1.64. The summed E-state index contributed by atoms with van der Waals surface area (Å²) in [5, 5.41) is 2.81. The van der Waals surface area contributed by atoms with Crippen molar-refractivity contribution in [3.05, 3.63) is 57.3 Å². The summed E-state index contributed by atoms with van der Waals surface area (Å²) in [5.41, 5.74) is 4.07. The molecule has 1 atom stereocenters. The van der Waals surface area contributed by atoms with Gasteiger partial charge in [0.1, 0.15) is 33.2 Å². The zero-order valence-electron chi connectivity index (χ0n) is 23.5. The highest BCUT2D eigenvalue weighted by Gasteiger charge is 2.42. The van der Waals surface area contributed by atoms with Crippen molar-refractivity contribution >= 4 is 27.5 Å². The maximum absolute atomic E-state index is 13.1. The first-order chi connectivity index (χ1) is 17.8. The number of amides is 1. The van der Waals surface area contributed by atoms with E-state index in [-0.39, 0.29) is 22.5 Å². The number of fused-ring (bicyclic) bond motifs is 1. The highest BCUT2D eigenvalue weighted by atomic mass is 79.9. The van der Waals surface area contributed by atoms with Crippen LogP contribution in [0.15, 0.2) is 39.2 Å². The van der Waals surface area contributed by atoms with E-state index < -0.39 is 5.91 Å². The Morgan fingerprint density at radius 1 is 0.947 bits per heavy atom. The predicted molar refractivity (Wildman–Crippen MR) is 152 cm³/mol. The number of anilines is 1. The molecule has 38 heavy (non-hydrogen) atoms. The molecular formula is C30H36BrNO6. The number of methoxy groups -OCH3 is 3. The average Bonchev–Trinajstić information content (AvgIpc) is 3.23. The Hall–Kier alpha value is -3.13. The van der Waals surface area contributed by atoms with E-state index in [4.69, 9.17) is 23.4 Å². The van der Waals surface area contributed by atoms with E-state index in [0.717, 1.165) is 12.0 Å². The molecule has 1 amide bonds. The minimum atomic E-state index is -0.485. The van der Waals surface area contributed by atoms with Gasteiger partial charge in [-0.05, 0) is 68.8 Å². The van der Waals surface area contributed by atoms with Crippen molar-refractivity contribution in [2.75, 3.05) is 26.6 Å². The number of aryl methyl sites for hydroxylation is 1. The summed E-state index contributed by atoms with van der Waals surface area (Å²) in [6, 6.07) is 9.25. The van der Waals surface area contributed by atoms with Gasteiger partial charge >= 0.3 is 5.95 Å². The van der Waals surface area contributed by atoms with Crippen LogP contribution in [0.2, 0.25) is 0 Å². The van der Waals surface area contributed by atoms with Crippen LogP contribution in [0.5, 0.6) is 28.9 Å². The molecular weight excluding hydrogens is 550 g/mol. The second-order valence-electron chi connectivity index (χ2n) is 11.1. The van der Waals surface area contributed by atoms with Crippen LogP contribution in [0.3, 0.4) is 0 Å². The second kappa shape index (κ2) is 10.2. The van der Waals surface area contributed by atoms with Gasteiger partial charge in [-0.3, -0.25) is 4.79 Å². The third-order valence-electron chi connectivity index (χ3n) is 7.82. The average molecular weight is 587 g/mol. The van der Waals surface area contributed by atoms with Crippen LogP contribution in [-0.2, 0) is 10.8 Å². The topological polar surface area (TPSA) is 79.2 Å². The third kappa shape index (κ3) is 4.98. The first-order valence-corrected chi connectivity index (χ1v) is 13.4. The molecule has 0 spiro atoms. The lowest BCUT2D eigenvalue weighted by atomic mass is 9.58. The molecule has 0 fully saturated rings. The van der Waals surface area contributed by atoms with Gasteiger partial charge in [0.25, 0.3) is 5.91 Å². The Labute approximate surface area is 232 Å². The van der Waals surface area contributed by atoms with E-state index in [9.17, 15) is 4.79 Å². The zero-order valence-corrected chi connectivity index (χ0v) is 25.1. The van der Waals surface area contributed by atoms with Crippen LogP contribution in [0.4, 0.5) is 5.69 Å². The molecule has 1 aliphatic rings. The van der Waals surface area contributed by atoms with E-state index in [0.29, 0.717) is 39.1 Å². The van der Waals surface area contributed by atoms with Gasteiger partial charge in [0.2, 0.25) is 0 Å². The van der Waals surface area contributed by atoms with E-state index in [1.54, 1.807) is 25.3 Å². The van der Waals surface area contributed by atoms with Gasteiger partial charge in [-0.15, -0.1) is 0 Å². The molecule has 0 saturated heterocycles. The van der Waals surface area contributed by atoms with Gasteiger partial charge in [-0.1, -0.05) is 40.7 Å². The van der Waals surface area contributed by atoms with Crippen molar-refractivity contribution in [2.45, 2.75) is 58.8 Å². The third-order valence-corrected chi connectivity index (χ3v) is 8.38. The Bertz CT molecular complexity index is 1350. The number of hydrogen-bond acceptors (Lipinski definition) is 6. The molecule has 0 aliphatic heterocycles. The molecule has 4 rings (SSSR count). The second-order valence-corrected chi connectivity index (χ2v) is 11.9. The molecule has 1 heterocycles. The van der Waals surface area contributed by atoms with Gasteiger partial charge in [-0.2, -0.15) is 0 Å². The maximum atomic E-state index is 13.1. The van der Waals surface area contributed by atoms with Crippen molar-refractivity contribution in [1.29, 1.82) is 0 Å². The fraction of sp³-hybridized carbons (Fsp3) is 0.433. The molecule has 1 unspecified atom stereocenters. The van der Waals surface area contributed by atoms with Gasteiger partial charge in [-0.25, -0.2) is 0 Å². The minimum absolute atomic E-state index is 0.0119. The van der Waals surface area contributed by atoms with Gasteiger partial charge in [0, 0.05) is 18.2 Å². The number of rotatable bonds is 7. The quantitative estimate of drug-likeness (QED) is 0.302. The Morgan fingerprint density at radius 2 is 1.58 bits per heavy atom.